The molecule has 0 aliphatic rings. The van der Waals surface area contributed by atoms with Gasteiger partial charge in [0, 0.05) is 12.6 Å². The lowest BCUT2D eigenvalue weighted by molar-refractivity contribution is 1.21. The van der Waals surface area contributed by atoms with Gasteiger partial charge in [0.15, 0.2) is 0 Å². The number of benzene rings is 2. The Morgan fingerprint density at radius 1 is 0.947 bits per heavy atom. The van der Waals surface area contributed by atoms with E-state index in [4.69, 9.17) is 12.2 Å². The topological polar surface area (TPSA) is 36.4 Å². The number of likely N-dealkylation sites (N-methyl/N-ethyl adjacent to an activating group) is 1. The van der Waals surface area contributed by atoms with Crippen molar-refractivity contribution >= 4 is 28.6 Å². The number of anilines is 1. The summed E-state index contributed by atoms with van der Waals surface area (Å²) in [5, 5.41) is 7.36. The SMILES string of the molecule is CNC(=S)/C(=N\Nc1ccccc1)c1ccccc1. The Labute approximate surface area is 118 Å². The first-order valence-electron chi connectivity index (χ1n) is 5.97. The highest BCUT2D eigenvalue weighted by Crippen LogP contribution is 2.07. The largest absolute Gasteiger partial charge is 0.378 e. The van der Waals surface area contributed by atoms with E-state index in [0.29, 0.717) is 4.99 Å². The molecule has 0 amide bonds. The number of thiocarbonyl (C=S) groups is 1. The Hall–Kier alpha value is -2.20. The lowest BCUT2D eigenvalue weighted by Crippen LogP contribution is -2.27. The Morgan fingerprint density at radius 3 is 2.11 bits per heavy atom. The number of nitrogens with one attached hydrogen (secondary N) is 2. The van der Waals surface area contributed by atoms with E-state index in [9.17, 15) is 0 Å². The van der Waals surface area contributed by atoms with Gasteiger partial charge in [-0.15, -0.1) is 0 Å². The summed E-state index contributed by atoms with van der Waals surface area (Å²) in [6.07, 6.45) is 0. The van der Waals surface area contributed by atoms with Crippen molar-refractivity contribution in [2.75, 3.05) is 12.5 Å². The van der Waals surface area contributed by atoms with Crippen LogP contribution in [0.1, 0.15) is 5.56 Å². The van der Waals surface area contributed by atoms with Gasteiger partial charge in [-0.05, 0) is 12.1 Å². The number of hydrogen-bond acceptors (Lipinski definition) is 3. The van der Waals surface area contributed by atoms with Gasteiger partial charge in [0.25, 0.3) is 0 Å². The first-order valence-corrected chi connectivity index (χ1v) is 6.38. The second-order valence-corrected chi connectivity index (χ2v) is 4.29. The minimum absolute atomic E-state index is 0.606. The normalized spacial score (nSPS) is 10.9. The molecule has 4 heteroatoms. The highest BCUT2D eigenvalue weighted by Gasteiger charge is 2.08. The van der Waals surface area contributed by atoms with Crippen LogP contribution in [0.25, 0.3) is 0 Å². The molecule has 0 unspecified atom stereocenters. The van der Waals surface area contributed by atoms with Crippen molar-refractivity contribution < 1.29 is 0 Å². The summed E-state index contributed by atoms with van der Waals surface area (Å²) in [7, 11) is 1.79. The fourth-order valence-electron chi connectivity index (χ4n) is 1.59. The molecule has 0 fully saturated rings. The van der Waals surface area contributed by atoms with Crippen LogP contribution in [0.4, 0.5) is 5.69 Å². The minimum atomic E-state index is 0.606. The summed E-state index contributed by atoms with van der Waals surface area (Å²) in [6.45, 7) is 0. The molecule has 0 saturated carbocycles. The maximum Gasteiger partial charge on any atom is 0.127 e. The average molecular weight is 269 g/mol. The van der Waals surface area contributed by atoms with Gasteiger partial charge >= 0.3 is 0 Å². The van der Waals surface area contributed by atoms with E-state index < -0.39 is 0 Å². The minimum Gasteiger partial charge on any atom is -0.378 e. The van der Waals surface area contributed by atoms with Crippen LogP contribution in [0.3, 0.4) is 0 Å². The molecule has 0 aliphatic heterocycles. The van der Waals surface area contributed by atoms with E-state index in [1.807, 2.05) is 60.7 Å². The molecule has 0 atom stereocenters. The molecule has 96 valence electrons. The summed E-state index contributed by atoms with van der Waals surface area (Å²) in [5.41, 5.74) is 5.65. The second-order valence-electron chi connectivity index (χ2n) is 3.88. The Bertz CT molecular complexity index is 564. The van der Waals surface area contributed by atoms with Gasteiger partial charge in [0.1, 0.15) is 10.7 Å². The van der Waals surface area contributed by atoms with Crippen molar-refractivity contribution in [3.8, 4) is 0 Å². The molecular formula is C15H15N3S. The predicted octanol–water partition coefficient (Wildman–Crippen LogP) is 3.05. The standard InChI is InChI=1S/C15H15N3S/c1-16-15(19)14(12-8-4-2-5-9-12)18-17-13-10-6-3-7-11-13/h2-11,17H,1H3,(H,16,19)/b18-14-. The molecule has 0 aromatic heterocycles. The number of hydrogen-bond donors (Lipinski definition) is 2. The van der Waals surface area contributed by atoms with Crippen molar-refractivity contribution in [3.63, 3.8) is 0 Å². The number of rotatable bonds is 4. The lowest BCUT2D eigenvalue weighted by atomic mass is 10.1. The van der Waals surface area contributed by atoms with Crippen molar-refractivity contribution in [1.82, 2.24) is 5.32 Å². The van der Waals surface area contributed by atoms with Crippen molar-refractivity contribution in [2.45, 2.75) is 0 Å². The van der Waals surface area contributed by atoms with Gasteiger partial charge in [-0.25, -0.2) is 0 Å². The highest BCUT2D eigenvalue weighted by molar-refractivity contribution is 7.82. The fraction of sp³-hybridized carbons (Fsp3) is 0.0667. The molecule has 0 spiro atoms. The monoisotopic (exact) mass is 269 g/mol. The quantitative estimate of drug-likeness (QED) is 0.509. The zero-order valence-electron chi connectivity index (χ0n) is 10.6. The summed E-state index contributed by atoms with van der Waals surface area (Å²) < 4.78 is 0. The van der Waals surface area contributed by atoms with Gasteiger partial charge in [-0.1, -0.05) is 60.7 Å². The summed E-state index contributed by atoms with van der Waals surface area (Å²) in [5.74, 6) is 0. The van der Waals surface area contributed by atoms with E-state index in [-0.39, 0.29) is 0 Å². The molecule has 2 rings (SSSR count). The lowest BCUT2D eigenvalue weighted by Gasteiger charge is -2.08. The summed E-state index contributed by atoms with van der Waals surface area (Å²) in [6, 6.07) is 19.6. The maximum atomic E-state index is 5.29. The zero-order valence-corrected chi connectivity index (χ0v) is 11.4. The molecule has 3 nitrogen and oxygen atoms in total. The fourth-order valence-corrected chi connectivity index (χ4v) is 1.76. The van der Waals surface area contributed by atoms with E-state index in [2.05, 4.69) is 15.8 Å². The van der Waals surface area contributed by atoms with Crippen LogP contribution >= 0.6 is 12.2 Å². The molecule has 2 aromatic rings. The van der Waals surface area contributed by atoms with Crippen LogP contribution < -0.4 is 10.7 Å². The number of para-hydroxylation sites is 1. The third-order valence-corrected chi connectivity index (χ3v) is 2.96. The third-order valence-electron chi connectivity index (χ3n) is 2.56. The van der Waals surface area contributed by atoms with Crippen LogP contribution in [-0.2, 0) is 0 Å². The van der Waals surface area contributed by atoms with Gasteiger partial charge in [-0.3, -0.25) is 5.43 Å². The summed E-state index contributed by atoms with van der Waals surface area (Å²) >= 11 is 5.29. The van der Waals surface area contributed by atoms with E-state index >= 15 is 0 Å². The molecule has 0 heterocycles. The van der Waals surface area contributed by atoms with Gasteiger partial charge in [0.2, 0.25) is 0 Å². The Morgan fingerprint density at radius 2 is 1.53 bits per heavy atom. The smallest absolute Gasteiger partial charge is 0.127 e. The molecular weight excluding hydrogens is 254 g/mol. The van der Waals surface area contributed by atoms with Gasteiger partial charge < -0.3 is 5.32 Å². The molecule has 19 heavy (non-hydrogen) atoms. The van der Waals surface area contributed by atoms with Crippen LogP contribution in [0.15, 0.2) is 65.8 Å². The van der Waals surface area contributed by atoms with Crippen molar-refractivity contribution in [3.05, 3.63) is 66.2 Å². The molecule has 0 radical (unpaired) electrons. The average Bonchev–Trinajstić information content (AvgIpc) is 2.49. The maximum absolute atomic E-state index is 5.29. The molecule has 2 aromatic carbocycles. The van der Waals surface area contributed by atoms with Crippen LogP contribution in [-0.4, -0.2) is 17.7 Å². The van der Waals surface area contributed by atoms with Gasteiger partial charge in [-0.2, -0.15) is 5.10 Å². The van der Waals surface area contributed by atoms with Crippen LogP contribution in [0, 0.1) is 0 Å². The van der Waals surface area contributed by atoms with Crippen molar-refractivity contribution in [2.24, 2.45) is 5.10 Å². The van der Waals surface area contributed by atoms with E-state index in [1.54, 1.807) is 7.05 Å². The molecule has 0 aliphatic carbocycles. The zero-order chi connectivity index (χ0) is 13.5. The van der Waals surface area contributed by atoms with E-state index in [1.165, 1.54) is 0 Å². The highest BCUT2D eigenvalue weighted by atomic mass is 32.1. The number of nitrogens with zero attached hydrogens (tertiary/aromatic N) is 1. The molecule has 0 saturated heterocycles. The Balaban J connectivity index is 2.26. The number of hydrazone groups is 1. The first-order chi connectivity index (χ1) is 9.31. The van der Waals surface area contributed by atoms with E-state index in [0.717, 1.165) is 17.0 Å². The second kappa shape index (κ2) is 6.66. The van der Waals surface area contributed by atoms with Gasteiger partial charge in [0.05, 0.1) is 5.69 Å². The predicted molar refractivity (Wildman–Crippen MR) is 84.7 cm³/mol. The third kappa shape index (κ3) is 3.63. The van der Waals surface area contributed by atoms with Crippen molar-refractivity contribution in [1.29, 1.82) is 0 Å². The molecule has 2 N–H and O–H groups in total. The first kappa shape index (κ1) is 13.2. The van der Waals surface area contributed by atoms with Crippen LogP contribution in [0.2, 0.25) is 0 Å². The Kier molecular flexibility index (Phi) is 4.64. The molecule has 0 bridgehead atoms. The summed E-state index contributed by atoms with van der Waals surface area (Å²) in [4.78, 5) is 0.606. The van der Waals surface area contributed by atoms with Crippen LogP contribution in [0.5, 0.6) is 0 Å².